The van der Waals surface area contributed by atoms with E-state index >= 15 is 0 Å². The quantitative estimate of drug-likeness (QED) is 0.844. The minimum absolute atomic E-state index is 0.0894. The van der Waals surface area contributed by atoms with Crippen LogP contribution in [0.25, 0.3) is 0 Å². The minimum atomic E-state index is -3.82. The van der Waals surface area contributed by atoms with Gasteiger partial charge in [0.1, 0.15) is 6.04 Å². The highest BCUT2D eigenvalue weighted by Crippen LogP contribution is 2.26. The van der Waals surface area contributed by atoms with Crippen molar-refractivity contribution in [2.75, 3.05) is 6.54 Å². The number of hydrogen-bond acceptors (Lipinski definition) is 3. The first-order chi connectivity index (χ1) is 12.4. The van der Waals surface area contributed by atoms with Crippen molar-refractivity contribution < 1.29 is 18.3 Å². The second kappa shape index (κ2) is 7.32. The summed E-state index contributed by atoms with van der Waals surface area (Å²) in [5.74, 6) is 4.93. The van der Waals surface area contributed by atoms with E-state index in [9.17, 15) is 18.3 Å². The van der Waals surface area contributed by atoms with Crippen LogP contribution in [0.15, 0.2) is 53.4 Å². The topological polar surface area (TPSA) is 74.7 Å². The predicted octanol–water partition coefficient (Wildman–Crippen LogP) is 2.63. The lowest BCUT2D eigenvalue weighted by atomic mass is 10.1. The Kier molecular flexibility index (Phi) is 5.12. The van der Waals surface area contributed by atoms with Gasteiger partial charge in [0.25, 0.3) is 0 Å². The molecule has 1 atom stereocenters. The molecule has 0 aromatic heterocycles. The number of carbonyl (C=O) groups is 1. The highest BCUT2D eigenvalue weighted by molar-refractivity contribution is 7.89. The summed E-state index contributed by atoms with van der Waals surface area (Å²) in [5.41, 5.74) is 2.74. The third kappa shape index (κ3) is 3.79. The van der Waals surface area contributed by atoms with E-state index in [4.69, 9.17) is 0 Å². The smallest absolute Gasteiger partial charge is 0.322 e. The van der Waals surface area contributed by atoms with E-state index in [0.717, 1.165) is 15.4 Å². The normalized spacial score (nSPS) is 17.5. The molecule has 2 aromatic rings. The van der Waals surface area contributed by atoms with Gasteiger partial charge in [-0.1, -0.05) is 29.5 Å². The van der Waals surface area contributed by atoms with Crippen molar-refractivity contribution in [1.82, 2.24) is 4.31 Å². The second-order valence-corrected chi connectivity index (χ2v) is 8.14. The number of aliphatic carboxylic acids is 1. The molecule has 0 radical (unpaired) electrons. The van der Waals surface area contributed by atoms with Gasteiger partial charge >= 0.3 is 5.97 Å². The summed E-state index contributed by atoms with van der Waals surface area (Å²) in [6.07, 6.45) is 0.894. The lowest BCUT2D eigenvalue weighted by Crippen LogP contribution is -2.40. The van der Waals surface area contributed by atoms with Crippen LogP contribution in [-0.4, -0.2) is 36.4 Å². The van der Waals surface area contributed by atoms with Gasteiger partial charge in [0, 0.05) is 17.7 Å². The first-order valence-electron chi connectivity index (χ1n) is 8.31. The number of aryl methyl sites for hydroxylation is 1. The van der Waals surface area contributed by atoms with Crippen LogP contribution < -0.4 is 0 Å². The average Bonchev–Trinajstić information content (AvgIpc) is 3.13. The first-order valence-corrected chi connectivity index (χ1v) is 9.75. The SMILES string of the molecule is Cc1ccc(C#Cc2ccc(S(=O)(=O)N3CCC[C@@H]3C(=O)O)cc2)cc1. The van der Waals surface area contributed by atoms with Crippen LogP contribution in [0.4, 0.5) is 0 Å². The Bertz CT molecular complexity index is 967. The van der Waals surface area contributed by atoms with Gasteiger partial charge in [0.2, 0.25) is 10.0 Å². The van der Waals surface area contributed by atoms with Crippen LogP contribution in [0.3, 0.4) is 0 Å². The summed E-state index contributed by atoms with van der Waals surface area (Å²) < 4.78 is 26.5. The molecule has 0 amide bonds. The highest BCUT2D eigenvalue weighted by atomic mass is 32.2. The lowest BCUT2D eigenvalue weighted by molar-refractivity contribution is -0.140. The molecule has 26 heavy (non-hydrogen) atoms. The molecule has 5 nitrogen and oxygen atoms in total. The maximum atomic E-state index is 12.7. The summed E-state index contributed by atoms with van der Waals surface area (Å²) in [4.78, 5) is 11.4. The van der Waals surface area contributed by atoms with Gasteiger partial charge in [0.05, 0.1) is 4.90 Å². The summed E-state index contributed by atoms with van der Waals surface area (Å²) >= 11 is 0. The van der Waals surface area contributed by atoms with Crippen molar-refractivity contribution in [3.63, 3.8) is 0 Å². The average molecular weight is 369 g/mol. The van der Waals surface area contributed by atoms with E-state index in [0.29, 0.717) is 18.4 Å². The summed E-state index contributed by atoms with van der Waals surface area (Å²) in [6, 6.07) is 13.1. The summed E-state index contributed by atoms with van der Waals surface area (Å²) in [5, 5.41) is 9.21. The molecule has 0 bridgehead atoms. The maximum Gasteiger partial charge on any atom is 0.322 e. The van der Waals surface area contributed by atoms with Gasteiger partial charge < -0.3 is 5.11 Å². The molecule has 3 rings (SSSR count). The van der Waals surface area contributed by atoms with E-state index < -0.39 is 22.0 Å². The van der Waals surface area contributed by atoms with E-state index in [1.165, 1.54) is 12.1 Å². The Morgan fingerprint density at radius 1 is 1.04 bits per heavy atom. The van der Waals surface area contributed by atoms with Crippen LogP contribution in [-0.2, 0) is 14.8 Å². The van der Waals surface area contributed by atoms with Crippen LogP contribution in [0.1, 0.15) is 29.5 Å². The van der Waals surface area contributed by atoms with Gasteiger partial charge in [0.15, 0.2) is 0 Å². The van der Waals surface area contributed by atoms with Crippen molar-refractivity contribution >= 4 is 16.0 Å². The van der Waals surface area contributed by atoms with Crippen molar-refractivity contribution in [3.05, 3.63) is 65.2 Å². The van der Waals surface area contributed by atoms with Crippen molar-refractivity contribution in [2.24, 2.45) is 0 Å². The van der Waals surface area contributed by atoms with Gasteiger partial charge in [-0.25, -0.2) is 8.42 Å². The van der Waals surface area contributed by atoms with Crippen LogP contribution in [0.2, 0.25) is 0 Å². The number of carboxylic acid groups (broad SMARTS) is 1. The van der Waals surface area contributed by atoms with Crippen molar-refractivity contribution in [3.8, 4) is 11.8 Å². The third-order valence-electron chi connectivity index (χ3n) is 4.35. The lowest BCUT2D eigenvalue weighted by Gasteiger charge is -2.20. The fraction of sp³-hybridized carbons (Fsp3) is 0.250. The Morgan fingerprint density at radius 2 is 1.58 bits per heavy atom. The van der Waals surface area contributed by atoms with Crippen molar-refractivity contribution in [1.29, 1.82) is 0 Å². The van der Waals surface area contributed by atoms with E-state index in [-0.39, 0.29) is 11.4 Å². The Balaban J connectivity index is 1.81. The Labute approximate surface area is 153 Å². The van der Waals surface area contributed by atoms with E-state index in [2.05, 4.69) is 11.8 Å². The molecule has 134 valence electrons. The second-order valence-electron chi connectivity index (χ2n) is 6.25. The molecule has 0 saturated carbocycles. The van der Waals surface area contributed by atoms with Gasteiger partial charge in [-0.05, 0) is 56.2 Å². The zero-order valence-corrected chi connectivity index (χ0v) is 15.2. The first kappa shape index (κ1) is 18.2. The zero-order valence-electron chi connectivity index (χ0n) is 14.3. The zero-order chi connectivity index (χ0) is 18.7. The van der Waals surface area contributed by atoms with Gasteiger partial charge in [-0.3, -0.25) is 4.79 Å². The molecule has 6 heteroatoms. The largest absolute Gasteiger partial charge is 0.480 e. The fourth-order valence-corrected chi connectivity index (χ4v) is 4.55. The van der Waals surface area contributed by atoms with Crippen LogP contribution >= 0.6 is 0 Å². The molecular weight excluding hydrogens is 350 g/mol. The molecule has 1 aliphatic rings. The molecular formula is C20H19NO4S. The van der Waals surface area contributed by atoms with Crippen molar-refractivity contribution in [2.45, 2.75) is 30.7 Å². The summed E-state index contributed by atoms with van der Waals surface area (Å²) in [6.45, 7) is 2.24. The molecule has 1 aliphatic heterocycles. The molecule has 1 saturated heterocycles. The number of sulfonamides is 1. The van der Waals surface area contributed by atoms with E-state index in [1.807, 2.05) is 31.2 Å². The van der Waals surface area contributed by atoms with E-state index in [1.54, 1.807) is 12.1 Å². The number of carboxylic acids is 1. The monoisotopic (exact) mass is 369 g/mol. The van der Waals surface area contributed by atoms with Gasteiger partial charge in [-0.15, -0.1) is 0 Å². The molecule has 1 N–H and O–H groups in total. The van der Waals surface area contributed by atoms with Crippen LogP contribution in [0, 0.1) is 18.8 Å². The molecule has 0 unspecified atom stereocenters. The summed E-state index contributed by atoms with van der Waals surface area (Å²) in [7, 11) is -3.82. The van der Waals surface area contributed by atoms with Crippen LogP contribution in [0.5, 0.6) is 0 Å². The Morgan fingerprint density at radius 3 is 2.12 bits per heavy atom. The number of nitrogens with zero attached hydrogens (tertiary/aromatic N) is 1. The fourth-order valence-electron chi connectivity index (χ4n) is 2.90. The minimum Gasteiger partial charge on any atom is -0.480 e. The Hall–Kier alpha value is -2.62. The highest BCUT2D eigenvalue weighted by Gasteiger charge is 2.39. The molecule has 1 heterocycles. The molecule has 2 aromatic carbocycles. The molecule has 0 aliphatic carbocycles. The molecule has 1 fully saturated rings. The molecule has 0 spiro atoms. The third-order valence-corrected chi connectivity index (χ3v) is 6.27. The predicted molar refractivity (Wildman–Crippen MR) is 98.2 cm³/mol. The van der Waals surface area contributed by atoms with Gasteiger partial charge in [-0.2, -0.15) is 4.31 Å². The standard InChI is InChI=1S/C20H19NO4S/c1-15-4-6-16(7-5-15)8-9-17-10-12-18(13-11-17)26(24,25)21-14-2-3-19(21)20(22)23/h4-7,10-13,19H,2-3,14H2,1H3,(H,22,23)/t19-/m1/s1. The number of benzene rings is 2. The number of rotatable bonds is 3. The number of hydrogen-bond donors (Lipinski definition) is 1. The maximum absolute atomic E-state index is 12.7.